The number of hydrogen-bond donors (Lipinski definition) is 5. The van der Waals surface area contributed by atoms with Gasteiger partial charge in [-0.05, 0) is 68.7 Å². The third-order valence-electron chi connectivity index (χ3n) is 8.96. The van der Waals surface area contributed by atoms with Crippen molar-refractivity contribution in [3.63, 3.8) is 0 Å². The van der Waals surface area contributed by atoms with Gasteiger partial charge in [-0.3, -0.25) is 19.3 Å². The number of aliphatic hydroxyl groups excluding tert-OH is 2. The van der Waals surface area contributed by atoms with Crippen LogP contribution in [0.4, 0.5) is 5.69 Å². The van der Waals surface area contributed by atoms with Crippen LogP contribution in [-0.2, 0) is 22.6 Å². The van der Waals surface area contributed by atoms with Crippen LogP contribution in [0.25, 0.3) is 0 Å². The molecule has 41 heavy (non-hydrogen) atoms. The van der Waals surface area contributed by atoms with E-state index in [4.69, 9.17) is 5.73 Å². The van der Waals surface area contributed by atoms with Crippen molar-refractivity contribution in [2.45, 2.75) is 78.0 Å². The first-order chi connectivity index (χ1) is 18.7. The molecule has 10 nitrogen and oxygen atoms in total. The molecule has 0 fully saturated rings. The molecular weight excluding hydrogens is 526 g/mol. The molecule has 10 heteroatoms. The van der Waals surface area contributed by atoms with Crippen LogP contribution in [0.2, 0.25) is 0 Å². The number of nitrogens with zero attached hydrogens (tertiary/aromatic N) is 2. The maximum Gasteiger partial charge on any atom is 0.255 e. The zero-order chi connectivity index (χ0) is 31.0. The predicted octanol–water partition coefficient (Wildman–Crippen LogP) is 3.29. The number of phenolic OH excluding ortho intramolecular Hbond substituents is 1. The summed E-state index contributed by atoms with van der Waals surface area (Å²) in [6.07, 6.45) is 1.03. The van der Waals surface area contributed by atoms with Crippen molar-refractivity contribution in [2.24, 2.45) is 23.0 Å². The van der Waals surface area contributed by atoms with Gasteiger partial charge in [0, 0.05) is 49.8 Å². The average Bonchev–Trinajstić information content (AvgIpc) is 2.79. The van der Waals surface area contributed by atoms with Crippen molar-refractivity contribution in [3.05, 3.63) is 45.4 Å². The minimum absolute atomic E-state index is 0.0191. The maximum absolute atomic E-state index is 13.9. The van der Waals surface area contributed by atoms with Gasteiger partial charge in [0.25, 0.3) is 5.91 Å². The summed E-state index contributed by atoms with van der Waals surface area (Å²) in [6, 6.07) is 1.58. The number of nitrogens with two attached hydrogens (primary N) is 1. The molecule has 0 radical (unpaired) electrons. The van der Waals surface area contributed by atoms with Crippen LogP contribution in [0.5, 0.6) is 5.75 Å². The van der Waals surface area contributed by atoms with E-state index in [1.165, 1.54) is 0 Å². The standard InChI is InChI=1S/C31H43N3O7/c1-29(2,3)14-30(4,5)34(8)13-16-11-19(35)22-18(24(16)33(6)7)10-15-9-17-12-20(36)23(28(32)40)27(39)31(17,41)26(38)21(15)25(22)37/h11,15,17,35-36,38,41H,9-10,12-14H2,1-8H3,(H2,32,40)/t15?,17-,31-/m0/s1. The van der Waals surface area contributed by atoms with Crippen LogP contribution in [0, 0.1) is 17.3 Å². The number of allylic oxidation sites excluding steroid dienone is 2. The lowest BCUT2D eigenvalue weighted by molar-refractivity contribution is -0.144. The predicted molar refractivity (Wildman–Crippen MR) is 155 cm³/mol. The molecule has 3 atom stereocenters. The molecule has 1 aromatic rings. The third-order valence-corrected chi connectivity index (χ3v) is 8.96. The minimum Gasteiger partial charge on any atom is -0.511 e. The number of aliphatic hydroxyl groups is 3. The SMILES string of the molecule is CN(C)c1c(CN(C)C(C)(C)CC(C)(C)C)cc(O)c2c1CC1C[C@H]3CC(O)=C(C(N)=O)C(=O)[C@@]3(O)C(O)=C1C2=O. The van der Waals surface area contributed by atoms with Crippen molar-refractivity contribution in [3.8, 4) is 5.75 Å². The van der Waals surface area contributed by atoms with Crippen molar-refractivity contribution in [2.75, 3.05) is 26.0 Å². The number of phenols is 1. The molecule has 0 heterocycles. The second-order valence-corrected chi connectivity index (χ2v) is 14.0. The van der Waals surface area contributed by atoms with Crippen molar-refractivity contribution in [1.29, 1.82) is 0 Å². The third kappa shape index (κ3) is 4.91. The minimum atomic E-state index is -2.57. The first-order valence-corrected chi connectivity index (χ1v) is 14.0. The van der Waals surface area contributed by atoms with Gasteiger partial charge in [-0.1, -0.05) is 20.8 Å². The molecule has 0 spiro atoms. The van der Waals surface area contributed by atoms with Crippen molar-refractivity contribution < 1.29 is 34.8 Å². The van der Waals surface area contributed by atoms with Crippen LogP contribution >= 0.6 is 0 Å². The Balaban J connectivity index is 1.82. The van der Waals surface area contributed by atoms with E-state index in [1.54, 1.807) is 6.07 Å². The lowest BCUT2D eigenvalue weighted by Crippen LogP contribution is -2.57. The van der Waals surface area contributed by atoms with E-state index in [0.717, 1.165) is 17.7 Å². The highest BCUT2D eigenvalue weighted by Crippen LogP contribution is 2.53. The van der Waals surface area contributed by atoms with Gasteiger partial charge in [-0.25, -0.2) is 0 Å². The number of benzene rings is 1. The summed E-state index contributed by atoms with van der Waals surface area (Å²) in [7, 11) is 5.78. The topological polar surface area (TPSA) is 165 Å². The molecule has 1 aromatic carbocycles. The fraction of sp³-hybridized carbons (Fsp3) is 0.581. The average molecular weight is 570 g/mol. The molecule has 0 saturated carbocycles. The molecule has 0 bridgehead atoms. The molecule has 0 saturated heterocycles. The van der Waals surface area contributed by atoms with Gasteiger partial charge >= 0.3 is 0 Å². The van der Waals surface area contributed by atoms with Crippen LogP contribution in [0.15, 0.2) is 28.7 Å². The van der Waals surface area contributed by atoms with E-state index >= 15 is 0 Å². The number of anilines is 1. The summed E-state index contributed by atoms with van der Waals surface area (Å²) in [5.74, 6) is -6.31. The van der Waals surface area contributed by atoms with Crippen LogP contribution in [0.3, 0.4) is 0 Å². The molecular formula is C31H43N3O7. The number of ketones is 2. The van der Waals surface area contributed by atoms with Crippen LogP contribution in [0.1, 0.15) is 75.4 Å². The smallest absolute Gasteiger partial charge is 0.255 e. The summed E-state index contributed by atoms with van der Waals surface area (Å²) < 4.78 is 0. The Morgan fingerprint density at radius 1 is 1.07 bits per heavy atom. The Morgan fingerprint density at radius 2 is 1.68 bits per heavy atom. The number of hydrogen-bond acceptors (Lipinski definition) is 9. The highest BCUT2D eigenvalue weighted by atomic mass is 16.3. The number of amides is 1. The number of carbonyl (C=O) groups excluding carboxylic acids is 3. The summed E-state index contributed by atoms with van der Waals surface area (Å²) in [6.45, 7) is 11.4. The number of primary amides is 1. The molecule has 3 aliphatic rings. The Morgan fingerprint density at radius 3 is 2.22 bits per heavy atom. The van der Waals surface area contributed by atoms with Gasteiger partial charge in [-0.2, -0.15) is 0 Å². The van der Waals surface area contributed by atoms with E-state index in [2.05, 4.69) is 39.5 Å². The van der Waals surface area contributed by atoms with E-state index in [1.807, 2.05) is 26.0 Å². The molecule has 4 rings (SSSR count). The second-order valence-electron chi connectivity index (χ2n) is 14.0. The van der Waals surface area contributed by atoms with E-state index in [-0.39, 0.29) is 47.1 Å². The molecule has 1 unspecified atom stereocenters. The summed E-state index contributed by atoms with van der Waals surface area (Å²) in [5, 5.41) is 44.3. The number of carbonyl (C=O) groups is 3. The highest BCUT2D eigenvalue weighted by molar-refractivity contribution is 6.24. The van der Waals surface area contributed by atoms with Gasteiger partial charge < -0.3 is 31.1 Å². The Bertz CT molecular complexity index is 1400. The molecule has 6 N–H and O–H groups in total. The van der Waals surface area contributed by atoms with Gasteiger partial charge in [0.15, 0.2) is 11.4 Å². The molecule has 1 amide bonds. The summed E-state index contributed by atoms with van der Waals surface area (Å²) >= 11 is 0. The number of aromatic hydroxyl groups is 1. The van der Waals surface area contributed by atoms with Gasteiger partial charge in [0.1, 0.15) is 22.8 Å². The number of rotatable bonds is 6. The van der Waals surface area contributed by atoms with Gasteiger partial charge in [-0.15, -0.1) is 0 Å². The first kappa shape index (κ1) is 30.6. The highest BCUT2D eigenvalue weighted by Gasteiger charge is 2.59. The van der Waals surface area contributed by atoms with Gasteiger partial charge in [0.2, 0.25) is 5.78 Å². The Labute approximate surface area is 241 Å². The fourth-order valence-corrected chi connectivity index (χ4v) is 7.32. The molecule has 224 valence electrons. The van der Waals surface area contributed by atoms with E-state index in [9.17, 15) is 34.8 Å². The Kier molecular flexibility index (Phi) is 7.36. The zero-order valence-corrected chi connectivity index (χ0v) is 25.3. The summed E-state index contributed by atoms with van der Waals surface area (Å²) in [5.41, 5.74) is 3.98. The number of fused-ring (bicyclic) bond motifs is 3. The fourth-order valence-electron chi connectivity index (χ4n) is 7.32. The normalized spacial score (nSPS) is 24.8. The van der Waals surface area contributed by atoms with Crippen LogP contribution in [-0.4, -0.2) is 75.1 Å². The monoisotopic (exact) mass is 569 g/mol. The number of Topliss-reactive ketones (excluding diaryl/α,β-unsaturated/α-hetero) is 2. The molecule has 0 aromatic heterocycles. The first-order valence-electron chi connectivity index (χ1n) is 14.0. The largest absolute Gasteiger partial charge is 0.511 e. The van der Waals surface area contributed by atoms with E-state index < -0.39 is 52.0 Å². The lowest BCUT2D eigenvalue weighted by Gasteiger charge is -2.46. The maximum atomic E-state index is 13.9. The van der Waals surface area contributed by atoms with Crippen molar-refractivity contribution in [1.82, 2.24) is 4.90 Å². The molecule has 0 aliphatic heterocycles. The quantitative estimate of drug-likeness (QED) is 0.323. The van der Waals surface area contributed by atoms with Crippen LogP contribution < -0.4 is 10.6 Å². The summed E-state index contributed by atoms with van der Waals surface area (Å²) in [4.78, 5) is 43.1. The van der Waals surface area contributed by atoms with E-state index in [0.29, 0.717) is 12.1 Å². The Hall–Kier alpha value is -3.37. The molecule has 3 aliphatic carbocycles. The van der Waals surface area contributed by atoms with Gasteiger partial charge in [0.05, 0.1) is 5.56 Å². The second kappa shape index (κ2) is 9.87. The van der Waals surface area contributed by atoms with Crippen molar-refractivity contribution >= 4 is 23.2 Å². The lowest BCUT2D eigenvalue weighted by atomic mass is 9.60. The zero-order valence-electron chi connectivity index (χ0n) is 25.3.